The van der Waals surface area contributed by atoms with Crippen LogP contribution in [0.4, 0.5) is 0 Å². The summed E-state index contributed by atoms with van der Waals surface area (Å²) in [6, 6.07) is 11.1. The van der Waals surface area contributed by atoms with Crippen molar-refractivity contribution in [1.29, 1.82) is 0 Å². The van der Waals surface area contributed by atoms with Crippen molar-refractivity contribution < 1.29 is 19.4 Å². The summed E-state index contributed by atoms with van der Waals surface area (Å²) < 4.78 is 10.5. The molecule has 23 heavy (non-hydrogen) atoms. The number of ether oxygens (including phenoxy) is 2. The molecule has 4 heteroatoms. The second kappa shape index (κ2) is 7.01. The lowest BCUT2D eigenvalue weighted by Gasteiger charge is -2.11. The van der Waals surface area contributed by atoms with E-state index in [2.05, 4.69) is 0 Å². The Labute approximate surface area is 136 Å². The molecule has 0 aliphatic rings. The maximum absolute atomic E-state index is 11.8. The van der Waals surface area contributed by atoms with Gasteiger partial charge in [0, 0.05) is 11.6 Å². The number of aliphatic carboxylic acids is 1. The van der Waals surface area contributed by atoms with Crippen molar-refractivity contribution in [3.8, 4) is 11.5 Å². The van der Waals surface area contributed by atoms with Crippen LogP contribution in [-0.4, -0.2) is 25.3 Å². The highest BCUT2D eigenvalue weighted by Crippen LogP contribution is 2.30. The summed E-state index contributed by atoms with van der Waals surface area (Å²) in [5.74, 6) is 0.243. The van der Waals surface area contributed by atoms with E-state index in [1.54, 1.807) is 38.5 Å². The number of aryl methyl sites for hydroxylation is 2. The summed E-state index contributed by atoms with van der Waals surface area (Å²) in [7, 11) is 3.12. The summed E-state index contributed by atoms with van der Waals surface area (Å²) in [6.45, 7) is 3.84. The number of carboxylic acids is 1. The first-order valence-electron chi connectivity index (χ1n) is 7.21. The Bertz CT molecular complexity index is 760. The van der Waals surface area contributed by atoms with E-state index < -0.39 is 5.97 Å². The van der Waals surface area contributed by atoms with Gasteiger partial charge in [-0.3, -0.25) is 0 Å². The van der Waals surface area contributed by atoms with Gasteiger partial charge in [-0.2, -0.15) is 0 Å². The summed E-state index contributed by atoms with van der Waals surface area (Å²) in [4.78, 5) is 11.8. The zero-order valence-electron chi connectivity index (χ0n) is 13.7. The Kier molecular flexibility index (Phi) is 5.06. The molecule has 0 aromatic heterocycles. The molecule has 0 amide bonds. The Balaban J connectivity index is 2.60. The van der Waals surface area contributed by atoms with Gasteiger partial charge in [-0.1, -0.05) is 23.8 Å². The number of hydrogen-bond donors (Lipinski definition) is 1. The van der Waals surface area contributed by atoms with E-state index in [0.29, 0.717) is 22.6 Å². The average Bonchev–Trinajstić information content (AvgIpc) is 2.54. The summed E-state index contributed by atoms with van der Waals surface area (Å²) in [5, 5.41) is 9.63. The second-order valence-corrected chi connectivity index (χ2v) is 5.29. The first-order valence-corrected chi connectivity index (χ1v) is 7.21. The van der Waals surface area contributed by atoms with Gasteiger partial charge in [-0.15, -0.1) is 0 Å². The van der Waals surface area contributed by atoms with Gasteiger partial charge < -0.3 is 14.6 Å². The van der Waals surface area contributed by atoms with Gasteiger partial charge in [0.15, 0.2) is 0 Å². The molecule has 0 aliphatic heterocycles. The third-order valence-electron chi connectivity index (χ3n) is 3.65. The van der Waals surface area contributed by atoms with Crippen molar-refractivity contribution in [3.05, 3.63) is 58.7 Å². The average molecular weight is 312 g/mol. The molecule has 0 saturated heterocycles. The molecule has 2 rings (SSSR count). The molecule has 0 spiro atoms. The first kappa shape index (κ1) is 16.6. The molecule has 0 heterocycles. The third-order valence-corrected chi connectivity index (χ3v) is 3.65. The van der Waals surface area contributed by atoms with Crippen LogP contribution >= 0.6 is 0 Å². The van der Waals surface area contributed by atoms with E-state index in [0.717, 1.165) is 11.1 Å². The minimum Gasteiger partial charge on any atom is -0.497 e. The van der Waals surface area contributed by atoms with Crippen LogP contribution in [0.25, 0.3) is 11.6 Å². The minimum absolute atomic E-state index is 0.231. The lowest BCUT2D eigenvalue weighted by Crippen LogP contribution is -2.02. The van der Waals surface area contributed by atoms with Crippen LogP contribution in [0.1, 0.15) is 22.3 Å². The van der Waals surface area contributed by atoms with Crippen LogP contribution in [0.15, 0.2) is 36.4 Å². The highest BCUT2D eigenvalue weighted by atomic mass is 16.5. The van der Waals surface area contributed by atoms with Crippen LogP contribution < -0.4 is 9.47 Å². The SMILES string of the molecule is COc1ccc(/C=C(\C(=O)O)c2cc(C)ccc2C)c(OC)c1. The number of carbonyl (C=O) groups is 1. The zero-order chi connectivity index (χ0) is 17.0. The molecule has 120 valence electrons. The summed E-state index contributed by atoms with van der Waals surface area (Å²) >= 11 is 0. The molecular formula is C19H20O4. The molecule has 0 saturated carbocycles. The zero-order valence-corrected chi connectivity index (χ0v) is 13.7. The number of rotatable bonds is 5. The number of hydrogen-bond acceptors (Lipinski definition) is 3. The molecule has 0 atom stereocenters. The molecule has 0 aliphatic carbocycles. The molecule has 2 aromatic carbocycles. The van der Waals surface area contributed by atoms with Crippen molar-refractivity contribution in [2.24, 2.45) is 0 Å². The monoisotopic (exact) mass is 312 g/mol. The van der Waals surface area contributed by atoms with Gasteiger partial charge in [0.25, 0.3) is 0 Å². The normalized spacial score (nSPS) is 11.2. The van der Waals surface area contributed by atoms with Gasteiger partial charge in [-0.25, -0.2) is 4.79 Å². The highest BCUT2D eigenvalue weighted by Gasteiger charge is 2.15. The predicted molar refractivity (Wildman–Crippen MR) is 91.0 cm³/mol. The van der Waals surface area contributed by atoms with E-state index in [1.165, 1.54) is 0 Å². The van der Waals surface area contributed by atoms with E-state index in [1.807, 2.05) is 32.0 Å². The van der Waals surface area contributed by atoms with Crippen LogP contribution in [0, 0.1) is 13.8 Å². The van der Waals surface area contributed by atoms with Crippen molar-refractivity contribution in [2.45, 2.75) is 13.8 Å². The van der Waals surface area contributed by atoms with E-state index in [4.69, 9.17) is 9.47 Å². The first-order chi connectivity index (χ1) is 11.0. The van der Waals surface area contributed by atoms with Crippen molar-refractivity contribution in [1.82, 2.24) is 0 Å². The van der Waals surface area contributed by atoms with Gasteiger partial charge in [-0.05, 0) is 43.2 Å². The van der Waals surface area contributed by atoms with Crippen LogP contribution in [0.5, 0.6) is 11.5 Å². The molecule has 0 bridgehead atoms. The lowest BCUT2D eigenvalue weighted by atomic mass is 9.96. The van der Waals surface area contributed by atoms with Crippen LogP contribution in [0.3, 0.4) is 0 Å². The van der Waals surface area contributed by atoms with Gasteiger partial charge in [0.2, 0.25) is 0 Å². The maximum atomic E-state index is 11.8. The largest absolute Gasteiger partial charge is 0.497 e. The Morgan fingerprint density at radius 2 is 1.78 bits per heavy atom. The van der Waals surface area contributed by atoms with Crippen LogP contribution in [0.2, 0.25) is 0 Å². The smallest absolute Gasteiger partial charge is 0.336 e. The fourth-order valence-electron chi connectivity index (χ4n) is 2.37. The molecular weight excluding hydrogens is 292 g/mol. The fourth-order valence-corrected chi connectivity index (χ4v) is 2.37. The molecule has 0 radical (unpaired) electrons. The minimum atomic E-state index is -0.975. The van der Waals surface area contributed by atoms with Crippen LogP contribution in [-0.2, 0) is 4.79 Å². The topological polar surface area (TPSA) is 55.8 Å². The Morgan fingerprint density at radius 1 is 1.04 bits per heavy atom. The summed E-state index contributed by atoms with van der Waals surface area (Å²) in [5.41, 5.74) is 3.55. The Hall–Kier alpha value is -2.75. The van der Waals surface area contributed by atoms with Gasteiger partial charge in [0.1, 0.15) is 11.5 Å². The molecule has 0 unspecified atom stereocenters. The van der Waals surface area contributed by atoms with Crippen molar-refractivity contribution >= 4 is 17.6 Å². The molecule has 4 nitrogen and oxygen atoms in total. The van der Waals surface area contributed by atoms with Gasteiger partial charge >= 0.3 is 5.97 Å². The fraction of sp³-hybridized carbons (Fsp3) is 0.211. The second-order valence-electron chi connectivity index (χ2n) is 5.29. The molecule has 2 aromatic rings. The number of benzene rings is 2. The van der Waals surface area contributed by atoms with E-state index in [-0.39, 0.29) is 5.57 Å². The standard InChI is InChI=1S/C19H20O4/c1-12-5-6-13(2)16(9-12)17(19(20)21)10-14-7-8-15(22-3)11-18(14)23-4/h5-11H,1-4H3,(H,20,21)/b17-10-. The number of carboxylic acid groups (broad SMARTS) is 1. The maximum Gasteiger partial charge on any atom is 0.336 e. The quantitative estimate of drug-likeness (QED) is 0.671. The predicted octanol–water partition coefficient (Wildman–Crippen LogP) is 3.95. The molecule has 1 N–H and O–H groups in total. The highest BCUT2D eigenvalue weighted by molar-refractivity contribution is 6.21. The van der Waals surface area contributed by atoms with Gasteiger partial charge in [0.05, 0.1) is 19.8 Å². The van der Waals surface area contributed by atoms with Crippen molar-refractivity contribution in [2.75, 3.05) is 14.2 Å². The number of methoxy groups -OCH3 is 2. The molecule has 0 fully saturated rings. The Morgan fingerprint density at radius 3 is 2.39 bits per heavy atom. The lowest BCUT2D eigenvalue weighted by molar-refractivity contribution is -0.130. The summed E-state index contributed by atoms with van der Waals surface area (Å²) in [6.07, 6.45) is 1.63. The van der Waals surface area contributed by atoms with E-state index in [9.17, 15) is 9.90 Å². The van der Waals surface area contributed by atoms with E-state index >= 15 is 0 Å². The third kappa shape index (κ3) is 3.72. The van der Waals surface area contributed by atoms with Crippen molar-refractivity contribution in [3.63, 3.8) is 0 Å².